The molecule has 25 heavy (non-hydrogen) atoms. The molecule has 0 amide bonds. The van der Waals surface area contributed by atoms with Crippen LogP contribution in [0.1, 0.15) is 21.6 Å². The molecular formula is C14H9F3N2O6. The fourth-order valence-corrected chi connectivity index (χ4v) is 2.09. The number of halogens is 3. The third-order valence-corrected chi connectivity index (χ3v) is 3.20. The van der Waals surface area contributed by atoms with Crippen LogP contribution < -0.4 is 10.2 Å². The summed E-state index contributed by atoms with van der Waals surface area (Å²) in [6.07, 6.45) is -4.31. The number of hydrogen-bond donors (Lipinski definition) is 2. The van der Waals surface area contributed by atoms with E-state index in [0.29, 0.717) is 12.1 Å². The fourth-order valence-electron chi connectivity index (χ4n) is 2.09. The van der Waals surface area contributed by atoms with Crippen LogP contribution in [0.5, 0.6) is 11.5 Å². The highest BCUT2D eigenvalue weighted by Crippen LogP contribution is 2.38. The Kier molecular flexibility index (Phi) is 4.50. The van der Waals surface area contributed by atoms with Crippen molar-refractivity contribution in [3.05, 3.63) is 61.6 Å². The van der Waals surface area contributed by atoms with E-state index in [1.165, 1.54) is 0 Å². The van der Waals surface area contributed by atoms with Crippen molar-refractivity contribution in [1.29, 1.82) is 0 Å². The van der Waals surface area contributed by atoms with Crippen molar-refractivity contribution in [2.75, 3.05) is 7.11 Å². The Labute approximate surface area is 136 Å². The van der Waals surface area contributed by atoms with Gasteiger partial charge in [-0.1, -0.05) is 0 Å². The van der Waals surface area contributed by atoms with E-state index in [1.54, 1.807) is 4.98 Å². The summed E-state index contributed by atoms with van der Waals surface area (Å²) in [6, 6.07) is 2.08. The van der Waals surface area contributed by atoms with E-state index in [0.717, 1.165) is 19.4 Å². The molecule has 0 aliphatic carbocycles. The molecule has 2 N–H and O–H groups in total. The minimum absolute atomic E-state index is 0.501. The number of phenols is 1. The van der Waals surface area contributed by atoms with Gasteiger partial charge in [0.1, 0.15) is 5.69 Å². The molecule has 0 aliphatic heterocycles. The zero-order chi connectivity index (χ0) is 18.9. The van der Waals surface area contributed by atoms with Gasteiger partial charge in [-0.2, -0.15) is 13.2 Å². The Hall–Kier alpha value is -3.37. The second-order valence-electron chi connectivity index (χ2n) is 4.72. The summed E-state index contributed by atoms with van der Waals surface area (Å²) in [5.41, 5.74) is -5.60. The highest BCUT2D eigenvalue weighted by atomic mass is 19.4. The van der Waals surface area contributed by atoms with E-state index in [1.807, 2.05) is 0 Å². The monoisotopic (exact) mass is 358 g/mol. The predicted molar refractivity (Wildman–Crippen MR) is 76.8 cm³/mol. The van der Waals surface area contributed by atoms with E-state index in [-0.39, 0.29) is 0 Å². The second-order valence-corrected chi connectivity index (χ2v) is 4.72. The lowest BCUT2D eigenvalue weighted by Crippen LogP contribution is -2.24. The topological polar surface area (TPSA) is 123 Å². The first kappa shape index (κ1) is 18.0. The van der Waals surface area contributed by atoms with Gasteiger partial charge in [0, 0.05) is 23.9 Å². The number of phenolic OH excluding ortho intramolecular Hbond substituents is 1. The van der Waals surface area contributed by atoms with E-state index in [2.05, 4.69) is 4.74 Å². The molecule has 0 saturated heterocycles. The summed E-state index contributed by atoms with van der Waals surface area (Å²) < 4.78 is 43.8. The van der Waals surface area contributed by atoms with Crippen LogP contribution in [0, 0.1) is 10.1 Å². The first-order valence-electron chi connectivity index (χ1n) is 6.47. The molecular weight excluding hydrogens is 349 g/mol. The molecule has 11 heteroatoms. The van der Waals surface area contributed by atoms with E-state index >= 15 is 0 Å². The summed E-state index contributed by atoms with van der Waals surface area (Å²) in [6.45, 7) is 0. The Morgan fingerprint density at radius 2 is 2.00 bits per heavy atom. The smallest absolute Gasteiger partial charge is 0.432 e. The largest absolute Gasteiger partial charge is 0.500 e. The van der Waals surface area contributed by atoms with E-state index in [9.17, 15) is 38.0 Å². The predicted octanol–water partition coefficient (Wildman–Crippen LogP) is 2.25. The molecule has 8 nitrogen and oxygen atoms in total. The maximum absolute atomic E-state index is 13.0. The van der Waals surface area contributed by atoms with Gasteiger partial charge in [-0.05, 0) is 6.07 Å². The van der Waals surface area contributed by atoms with Gasteiger partial charge in [0.25, 0.3) is 0 Å². The zero-order valence-electron chi connectivity index (χ0n) is 12.4. The fraction of sp³-hybridized carbons (Fsp3) is 0.143. The zero-order valence-corrected chi connectivity index (χ0v) is 12.4. The molecule has 132 valence electrons. The third kappa shape index (κ3) is 3.29. The average molecular weight is 358 g/mol. The Morgan fingerprint density at radius 3 is 2.52 bits per heavy atom. The minimum Gasteiger partial charge on any atom is -0.500 e. The first-order chi connectivity index (χ1) is 11.6. The number of carbonyl (C=O) groups is 1. The van der Waals surface area contributed by atoms with Crippen LogP contribution in [-0.4, -0.2) is 27.9 Å². The number of H-pyrrole nitrogens is 1. The van der Waals surface area contributed by atoms with Crippen LogP contribution in [0.15, 0.2) is 29.2 Å². The van der Waals surface area contributed by atoms with E-state index in [4.69, 9.17) is 0 Å². The lowest BCUT2D eigenvalue weighted by atomic mass is 10.00. The Bertz CT molecular complexity index is 920. The SMILES string of the molecule is COc1cc(C(=O)c2c(C(F)(F)F)[nH]ccc2=O)cc([N+](=O)[O-])c1O. The molecule has 0 fully saturated rings. The number of carbonyl (C=O) groups excluding carboxylic acids is 1. The number of aromatic hydroxyl groups is 1. The Morgan fingerprint density at radius 1 is 1.36 bits per heavy atom. The number of hydrogen-bond acceptors (Lipinski definition) is 6. The molecule has 0 unspecified atom stereocenters. The lowest BCUT2D eigenvalue weighted by molar-refractivity contribution is -0.386. The number of pyridine rings is 1. The quantitative estimate of drug-likeness (QED) is 0.491. The maximum Gasteiger partial charge on any atom is 0.432 e. The van der Waals surface area contributed by atoms with Gasteiger partial charge < -0.3 is 14.8 Å². The Balaban J connectivity index is 2.74. The molecule has 2 aromatic rings. The number of aromatic amines is 1. The van der Waals surface area contributed by atoms with E-state index < -0.39 is 56.3 Å². The molecule has 0 saturated carbocycles. The van der Waals surface area contributed by atoms with Gasteiger partial charge in [-0.15, -0.1) is 0 Å². The van der Waals surface area contributed by atoms with Gasteiger partial charge in [0.05, 0.1) is 17.6 Å². The van der Waals surface area contributed by atoms with Gasteiger partial charge >= 0.3 is 11.9 Å². The van der Waals surface area contributed by atoms with Crippen LogP contribution in [0.2, 0.25) is 0 Å². The van der Waals surface area contributed by atoms with Crippen LogP contribution in [-0.2, 0) is 6.18 Å². The number of methoxy groups -OCH3 is 1. The number of nitrogens with zero attached hydrogens (tertiary/aromatic N) is 1. The first-order valence-corrected chi connectivity index (χ1v) is 6.47. The molecule has 0 aliphatic rings. The molecule has 1 aromatic heterocycles. The molecule has 1 aromatic carbocycles. The molecule has 0 atom stereocenters. The number of aromatic nitrogens is 1. The summed E-state index contributed by atoms with van der Waals surface area (Å²) in [4.78, 5) is 35.9. The molecule has 2 rings (SSSR count). The number of ketones is 1. The summed E-state index contributed by atoms with van der Waals surface area (Å²) in [5, 5.41) is 20.6. The van der Waals surface area contributed by atoms with Crippen molar-refractivity contribution >= 4 is 11.5 Å². The third-order valence-electron chi connectivity index (χ3n) is 3.20. The van der Waals surface area contributed by atoms with Crippen molar-refractivity contribution in [2.24, 2.45) is 0 Å². The summed E-state index contributed by atoms with van der Waals surface area (Å²) >= 11 is 0. The number of ether oxygens (including phenoxy) is 1. The normalized spacial score (nSPS) is 11.2. The van der Waals surface area contributed by atoms with Crippen LogP contribution in [0.25, 0.3) is 0 Å². The molecule has 0 bridgehead atoms. The number of nitro groups is 1. The van der Waals surface area contributed by atoms with Crippen LogP contribution in [0.4, 0.5) is 18.9 Å². The van der Waals surface area contributed by atoms with Crippen molar-refractivity contribution in [2.45, 2.75) is 6.18 Å². The van der Waals surface area contributed by atoms with Gasteiger partial charge in [-0.3, -0.25) is 19.7 Å². The standard InChI is InChI=1S/C14H9F3N2O6/c1-25-9-5-6(4-7(12(9)22)19(23)24)11(21)10-8(20)2-3-18-13(10)14(15,16)17/h2-5,22H,1H3,(H,18,20). The van der Waals surface area contributed by atoms with Gasteiger partial charge in [-0.25, -0.2) is 0 Å². The van der Waals surface area contributed by atoms with Crippen molar-refractivity contribution in [3.63, 3.8) is 0 Å². The number of nitro benzene ring substituents is 1. The highest BCUT2D eigenvalue weighted by molar-refractivity contribution is 6.10. The van der Waals surface area contributed by atoms with Crippen LogP contribution in [0.3, 0.4) is 0 Å². The van der Waals surface area contributed by atoms with Crippen molar-refractivity contribution in [3.8, 4) is 11.5 Å². The number of benzene rings is 1. The number of alkyl halides is 3. The summed E-state index contributed by atoms with van der Waals surface area (Å²) in [7, 11) is 1.03. The molecule has 0 radical (unpaired) electrons. The van der Waals surface area contributed by atoms with Gasteiger partial charge in [0.2, 0.25) is 5.75 Å². The number of rotatable bonds is 4. The average Bonchev–Trinajstić information content (AvgIpc) is 2.53. The highest BCUT2D eigenvalue weighted by Gasteiger charge is 2.38. The maximum atomic E-state index is 13.0. The van der Waals surface area contributed by atoms with Crippen molar-refractivity contribution in [1.82, 2.24) is 4.98 Å². The van der Waals surface area contributed by atoms with Crippen molar-refractivity contribution < 1.29 is 32.7 Å². The lowest BCUT2D eigenvalue weighted by Gasteiger charge is -2.12. The number of nitrogens with one attached hydrogen (secondary N) is 1. The second kappa shape index (κ2) is 6.26. The van der Waals surface area contributed by atoms with Crippen LogP contribution >= 0.6 is 0 Å². The van der Waals surface area contributed by atoms with Gasteiger partial charge in [0.15, 0.2) is 17.0 Å². The summed E-state index contributed by atoms with van der Waals surface area (Å²) in [5.74, 6) is -2.81. The molecule has 1 heterocycles. The minimum atomic E-state index is -5.03. The molecule has 0 spiro atoms.